The van der Waals surface area contributed by atoms with E-state index in [0.717, 1.165) is 16.3 Å². The fourth-order valence-electron chi connectivity index (χ4n) is 2.25. The summed E-state index contributed by atoms with van der Waals surface area (Å²) < 4.78 is 5.74. The van der Waals surface area contributed by atoms with Crippen molar-refractivity contribution in [3.63, 3.8) is 0 Å². The van der Waals surface area contributed by atoms with Gasteiger partial charge >= 0.3 is 5.97 Å². The molecule has 2 heterocycles. The number of quaternary nitrogens is 1. The van der Waals surface area contributed by atoms with Crippen LogP contribution in [0.15, 0.2) is 33.9 Å². The van der Waals surface area contributed by atoms with Gasteiger partial charge in [0.2, 0.25) is 0 Å². The quantitative estimate of drug-likeness (QED) is 0.705. The summed E-state index contributed by atoms with van der Waals surface area (Å²) >= 11 is 1.80. The zero-order valence-electron chi connectivity index (χ0n) is 12.7. The first kappa shape index (κ1) is 17.3. The first-order chi connectivity index (χ1) is 11.0. The molecule has 1 aromatic heterocycles. The van der Waals surface area contributed by atoms with Gasteiger partial charge in [-0.05, 0) is 12.1 Å². The zero-order chi connectivity index (χ0) is 16.8. The Kier molecular flexibility index (Phi) is 6.00. The van der Waals surface area contributed by atoms with Crippen LogP contribution in [0.2, 0.25) is 0 Å². The van der Waals surface area contributed by atoms with Gasteiger partial charge in [-0.1, -0.05) is 23.9 Å². The number of rotatable bonds is 2. The molecular formula is C15H18N2O5S. The van der Waals surface area contributed by atoms with E-state index in [1.54, 1.807) is 16.7 Å². The van der Waals surface area contributed by atoms with Gasteiger partial charge in [-0.25, -0.2) is 9.78 Å². The zero-order valence-corrected chi connectivity index (χ0v) is 13.5. The maximum Gasteiger partial charge on any atom is 0.351 e. The summed E-state index contributed by atoms with van der Waals surface area (Å²) in [5, 5.41) is 17.8. The minimum absolute atomic E-state index is 0.673. The van der Waals surface area contributed by atoms with Crippen LogP contribution in [0.5, 0.6) is 0 Å². The lowest BCUT2D eigenvalue weighted by Gasteiger charge is -2.24. The number of carbonyl (C=O) groups is 2. The van der Waals surface area contributed by atoms with Crippen molar-refractivity contribution >= 4 is 34.8 Å². The fourth-order valence-corrected chi connectivity index (χ4v) is 3.29. The third kappa shape index (κ3) is 5.26. The van der Waals surface area contributed by atoms with Crippen LogP contribution in [-0.2, 0) is 9.59 Å². The van der Waals surface area contributed by atoms with Crippen LogP contribution in [-0.4, -0.2) is 47.4 Å². The molecule has 0 spiro atoms. The normalized spacial score (nSPS) is 20.6. The number of benzene rings is 1. The second-order valence-corrected chi connectivity index (χ2v) is 6.57. The maximum absolute atomic E-state index is 9.04. The first-order valence-electron chi connectivity index (χ1n) is 7.23. The van der Waals surface area contributed by atoms with Crippen LogP contribution in [0.4, 0.5) is 0 Å². The number of fused-ring (bicyclic) bond motifs is 1. The molecule has 0 aliphatic carbocycles. The highest BCUT2D eigenvalue weighted by Crippen LogP contribution is 2.29. The molecule has 3 rings (SSSR count). The van der Waals surface area contributed by atoms with Gasteiger partial charge in [0.15, 0.2) is 11.6 Å². The number of aliphatic carboxylic acids is 2. The standard InChI is InChI=1S/C13H16N2OS.C2H2O4/c1-15-8-6-10(7-9-15)17-13-14-11-4-2-3-5-12(11)16-13;3-1(4)2(5)6/h2-5,10H,6-9H2,1H3;(H,3,4)(H,5,6). The highest BCUT2D eigenvalue weighted by molar-refractivity contribution is 7.99. The molecule has 0 amide bonds. The lowest BCUT2D eigenvalue weighted by atomic mass is 10.1. The molecule has 0 unspecified atom stereocenters. The number of piperidine rings is 1. The number of carboxylic acids is 2. The van der Waals surface area contributed by atoms with Gasteiger partial charge in [0.05, 0.1) is 20.1 Å². The van der Waals surface area contributed by atoms with E-state index in [1.165, 1.54) is 25.9 Å². The molecule has 2 aromatic rings. The smallest absolute Gasteiger partial charge is 0.351 e. The molecule has 23 heavy (non-hydrogen) atoms. The van der Waals surface area contributed by atoms with Crippen LogP contribution in [0.1, 0.15) is 12.8 Å². The molecule has 2 N–H and O–H groups in total. The topological polar surface area (TPSA) is 108 Å². The Morgan fingerprint density at radius 3 is 2.52 bits per heavy atom. The largest absolute Gasteiger partial charge is 0.539 e. The third-order valence-corrected chi connectivity index (χ3v) is 4.68. The molecule has 0 radical (unpaired) electrons. The van der Waals surface area contributed by atoms with Crippen LogP contribution in [0, 0.1) is 0 Å². The Labute approximate surface area is 137 Å². The van der Waals surface area contributed by atoms with Gasteiger partial charge in [-0.2, -0.15) is 0 Å². The number of para-hydroxylation sites is 2. The molecule has 0 bridgehead atoms. The Morgan fingerprint density at radius 2 is 1.96 bits per heavy atom. The summed E-state index contributed by atoms with van der Waals surface area (Å²) in [6.45, 7) is 2.52. The molecule has 1 aliphatic heterocycles. The molecule has 1 fully saturated rings. The number of carboxylic acid groups (broad SMARTS) is 2. The van der Waals surface area contributed by atoms with Gasteiger partial charge in [0, 0.05) is 18.1 Å². The predicted molar refractivity (Wildman–Crippen MR) is 82.2 cm³/mol. The van der Waals surface area contributed by atoms with Crippen LogP contribution < -0.4 is 10.0 Å². The number of nitrogens with zero attached hydrogens (tertiary/aromatic N) is 1. The Bertz CT molecular complexity index is 634. The monoisotopic (exact) mass is 338 g/mol. The van der Waals surface area contributed by atoms with E-state index in [4.69, 9.17) is 24.2 Å². The minimum Gasteiger partial charge on any atom is -0.539 e. The molecule has 0 saturated carbocycles. The second-order valence-electron chi connectivity index (χ2n) is 5.31. The van der Waals surface area contributed by atoms with E-state index in [0.29, 0.717) is 5.25 Å². The molecule has 1 aliphatic rings. The second kappa shape index (κ2) is 7.98. The average molecular weight is 338 g/mol. The van der Waals surface area contributed by atoms with E-state index in [1.807, 2.05) is 24.3 Å². The van der Waals surface area contributed by atoms with Gasteiger partial charge in [-0.15, -0.1) is 0 Å². The van der Waals surface area contributed by atoms with Crippen molar-refractivity contribution in [2.75, 3.05) is 20.1 Å². The van der Waals surface area contributed by atoms with Crippen molar-refractivity contribution < 1.29 is 29.1 Å². The van der Waals surface area contributed by atoms with Gasteiger partial charge < -0.3 is 24.3 Å². The van der Waals surface area contributed by atoms with E-state index in [2.05, 4.69) is 12.0 Å². The molecule has 0 atom stereocenters. The number of hydrogen-bond donors (Lipinski definition) is 2. The summed E-state index contributed by atoms with van der Waals surface area (Å²) in [5.74, 6) is -4.01. The molecule has 124 valence electrons. The Hall–Kier alpha value is -2.06. The van der Waals surface area contributed by atoms with Gasteiger partial charge in [0.25, 0.3) is 5.22 Å². The summed E-state index contributed by atoms with van der Waals surface area (Å²) in [6.07, 6.45) is 2.52. The van der Waals surface area contributed by atoms with E-state index >= 15 is 0 Å². The van der Waals surface area contributed by atoms with Crippen LogP contribution in [0.25, 0.3) is 11.1 Å². The van der Waals surface area contributed by atoms with Crippen molar-refractivity contribution in [1.82, 2.24) is 4.98 Å². The number of likely N-dealkylation sites (tertiary alicyclic amines) is 1. The number of carbonyl (C=O) groups excluding carboxylic acids is 1. The number of aromatic nitrogens is 1. The Balaban J connectivity index is 0.000000277. The van der Waals surface area contributed by atoms with Crippen LogP contribution in [0.3, 0.4) is 0 Å². The van der Waals surface area contributed by atoms with Gasteiger partial charge in [-0.3, -0.25) is 0 Å². The molecular weight excluding hydrogens is 320 g/mol. The summed E-state index contributed by atoms with van der Waals surface area (Å²) in [5.41, 5.74) is 1.86. The summed E-state index contributed by atoms with van der Waals surface area (Å²) in [4.78, 5) is 24.2. The third-order valence-electron chi connectivity index (χ3n) is 3.50. The van der Waals surface area contributed by atoms with Crippen molar-refractivity contribution in [3.05, 3.63) is 24.3 Å². The highest BCUT2D eigenvalue weighted by Gasteiger charge is 2.22. The molecule has 8 heteroatoms. The van der Waals surface area contributed by atoms with Crippen molar-refractivity contribution in [2.24, 2.45) is 0 Å². The Morgan fingerprint density at radius 1 is 1.35 bits per heavy atom. The minimum atomic E-state index is -2.07. The SMILES string of the molecule is C[NH+]1CCC(Sc2nc3ccccc3o2)CC1.O=C([O-])C(=O)O. The van der Waals surface area contributed by atoms with Crippen LogP contribution >= 0.6 is 11.8 Å². The first-order valence-corrected chi connectivity index (χ1v) is 8.11. The van der Waals surface area contributed by atoms with Gasteiger partial charge in [0.1, 0.15) is 5.52 Å². The molecule has 1 saturated heterocycles. The van der Waals surface area contributed by atoms with E-state index in [-0.39, 0.29) is 0 Å². The summed E-state index contributed by atoms with van der Waals surface area (Å²) in [7, 11) is 2.26. The number of hydrogen-bond acceptors (Lipinski definition) is 6. The van der Waals surface area contributed by atoms with E-state index in [9.17, 15) is 0 Å². The lowest BCUT2D eigenvalue weighted by molar-refractivity contribution is -0.884. The molecule has 7 nitrogen and oxygen atoms in total. The summed E-state index contributed by atoms with van der Waals surface area (Å²) in [6, 6.07) is 7.96. The fraction of sp³-hybridized carbons (Fsp3) is 0.400. The van der Waals surface area contributed by atoms with Crippen molar-refractivity contribution in [1.29, 1.82) is 0 Å². The predicted octanol–water partition coefficient (Wildman–Crippen LogP) is -0.582. The maximum atomic E-state index is 9.04. The lowest BCUT2D eigenvalue weighted by Crippen LogP contribution is -3.10. The molecule has 1 aromatic carbocycles. The highest BCUT2D eigenvalue weighted by atomic mass is 32.2. The van der Waals surface area contributed by atoms with Crippen molar-refractivity contribution in [3.8, 4) is 0 Å². The van der Waals surface area contributed by atoms with Crippen molar-refractivity contribution in [2.45, 2.75) is 23.3 Å². The average Bonchev–Trinajstić information content (AvgIpc) is 2.92. The number of nitrogens with one attached hydrogen (secondary N) is 1. The number of oxazole rings is 1. The number of thioether (sulfide) groups is 1. The van der Waals surface area contributed by atoms with E-state index < -0.39 is 11.9 Å².